The van der Waals surface area contributed by atoms with Crippen molar-refractivity contribution in [2.75, 3.05) is 27.2 Å². The third kappa shape index (κ3) is 4.14. The Morgan fingerprint density at radius 3 is 2.40 bits per heavy atom. The van der Waals surface area contributed by atoms with Gasteiger partial charge >= 0.3 is 6.03 Å². The van der Waals surface area contributed by atoms with Crippen molar-refractivity contribution in [3.63, 3.8) is 0 Å². The van der Waals surface area contributed by atoms with Crippen LogP contribution in [0, 0.1) is 10.1 Å². The predicted octanol–water partition coefficient (Wildman–Crippen LogP) is 2.72. The van der Waals surface area contributed by atoms with Crippen LogP contribution in [-0.2, 0) is 11.3 Å². The van der Waals surface area contributed by atoms with Crippen molar-refractivity contribution in [2.24, 2.45) is 0 Å². The maximum atomic E-state index is 13.3. The number of aromatic nitrogens is 1. The highest BCUT2D eigenvalue weighted by Crippen LogP contribution is 2.33. The standard InChI is InChI=1S/C21H27N5O4/c1-15(2)25(21(28)22(3)4)14-19(27)24-13-12-23-11-5-6-18(23)20(24)16-7-9-17(10-8-16)26(29)30/h5-11,15,20H,12-14H2,1-4H3/t20-/m0/s1. The molecule has 0 saturated heterocycles. The Balaban J connectivity index is 1.93. The monoisotopic (exact) mass is 413 g/mol. The highest BCUT2D eigenvalue weighted by molar-refractivity contribution is 5.85. The molecule has 1 aromatic heterocycles. The number of nitro groups is 1. The normalized spacial score (nSPS) is 15.6. The molecule has 9 heteroatoms. The largest absolute Gasteiger partial charge is 0.348 e. The van der Waals surface area contributed by atoms with Gasteiger partial charge in [-0.05, 0) is 43.7 Å². The number of hydrogen-bond donors (Lipinski definition) is 0. The van der Waals surface area contributed by atoms with E-state index in [-0.39, 0.29) is 36.3 Å². The van der Waals surface area contributed by atoms with E-state index in [1.165, 1.54) is 17.0 Å². The van der Waals surface area contributed by atoms with E-state index in [9.17, 15) is 19.7 Å². The van der Waals surface area contributed by atoms with E-state index in [1.807, 2.05) is 32.2 Å². The summed E-state index contributed by atoms with van der Waals surface area (Å²) in [6.07, 6.45) is 1.96. The number of hydrogen-bond acceptors (Lipinski definition) is 4. The molecular formula is C21H27N5O4. The Labute approximate surface area is 175 Å². The number of carbonyl (C=O) groups excluding carboxylic acids is 2. The zero-order valence-corrected chi connectivity index (χ0v) is 17.7. The second kappa shape index (κ2) is 8.56. The van der Waals surface area contributed by atoms with Crippen molar-refractivity contribution < 1.29 is 14.5 Å². The Bertz CT molecular complexity index is 935. The van der Waals surface area contributed by atoms with E-state index < -0.39 is 4.92 Å². The summed E-state index contributed by atoms with van der Waals surface area (Å²) in [7, 11) is 3.32. The van der Waals surface area contributed by atoms with Crippen LogP contribution in [0.4, 0.5) is 10.5 Å². The summed E-state index contributed by atoms with van der Waals surface area (Å²) >= 11 is 0. The van der Waals surface area contributed by atoms with Crippen LogP contribution < -0.4 is 0 Å². The van der Waals surface area contributed by atoms with Gasteiger partial charge in [0.25, 0.3) is 5.69 Å². The molecule has 0 bridgehead atoms. The predicted molar refractivity (Wildman–Crippen MR) is 112 cm³/mol. The third-order valence-electron chi connectivity index (χ3n) is 5.34. The Morgan fingerprint density at radius 2 is 1.83 bits per heavy atom. The zero-order valence-electron chi connectivity index (χ0n) is 17.7. The molecule has 30 heavy (non-hydrogen) atoms. The first-order valence-corrected chi connectivity index (χ1v) is 9.87. The fourth-order valence-electron chi connectivity index (χ4n) is 3.75. The molecule has 2 aromatic rings. The molecule has 0 fully saturated rings. The Kier molecular flexibility index (Phi) is 6.09. The van der Waals surface area contributed by atoms with Gasteiger partial charge in [-0.1, -0.05) is 0 Å². The van der Waals surface area contributed by atoms with Crippen LogP contribution in [0.15, 0.2) is 42.6 Å². The molecule has 0 unspecified atom stereocenters. The summed E-state index contributed by atoms with van der Waals surface area (Å²) < 4.78 is 2.08. The number of rotatable bonds is 5. The van der Waals surface area contributed by atoms with Crippen LogP contribution in [-0.4, -0.2) is 69.4 Å². The highest BCUT2D eigenvalue weighted by atomic mass is 16.6. The summed E-state index contributed by atoms with van der Waals surface area (Å²) in [6, 6.07) is 9.46. The number of non-ortho nitro benzene ring substituents is 1. The van der Waals surface area contributed by atoms with Gasteiger partial charge in [0.2, 0.25) is 5.91 Å². The number of nitrogens with zero attached hydrogens (tertiary/aromatic N) is 5. The van der Waals surface area contributed by atoms with Gasteiger partial charge in [-0.2, -0.15) is 0 Å². The lowest BCUT2D eigenvalue weighted by Crippen LogP contribution is -2.51. The lowest BCUT2D eigenvalue weighted by molar-refractivity contribution is -0.384. The van der Waals surface area contributed by atoms with Gasteiger partial charge in [0.15, 0.2) is 0 Å². The van der Waals surface area contributed by atoms with Crippen LogP contribution in [0.3, 0.4) is 0 Å². The SMILES string of the molecule is CC(C)N(CC(=O)N1CCn2cccc2[C@@H]1c1ccc([N+](=O)[O-])cc1)C(=O)N(C)C. The summed E-state index contributed by atoms with van der Waals surface area (Å²) in [5.74, 6) is -0.158. The van der Waals surface area contributed by atoms with Gasteiger partial charge in [0.05, 0.1) is 11.0 Å². The molecule has 9 nitrogen and oxygen atoms in total. The van der Waals surface area contributed by atoms with Crippen molar-refractivity contribution in [1.82, 2.24) is 19.3 Å². The van der Waals surface area contributed by atoms with Gasteiger partial charge in [-0.25, -0.2) is 4.79 Å². The maximum Gasteiger partial charge on any atom is 0.320 e. The molecule has 0 radical (unpaired) electrons. The molecule has 1 aliphatic rings. The van der Waals surface area contributed by atoms with Crippen molar-refractivity contribution >= 4 is 17.6 Å². The second-order valence-electron chi connectivity index (χ2n) is 7.86. The average Bonchev–Trinajstić information content (AvgIpc) is 3.19. The first-order valence-electron chi connectivity index (χ1n) is 9.87. The molecule has 0 saturated carbocycles. The van der Waals surface area contributed by atoms with E-state index in [0.717, 1.165) is 11.3 Å². The minimum absolute atomic E-state index is 0.00498. The summed E-state index contributed by atoms with van der Waals surface area (Å²) in [5, 5.41) is 11.0. The number of amides is 3. The topological polar surface area (TPSA) is 91.9 Å². The van der Waals surface area contributed by atoms with Gasteiger partial charge in [0.1, 0.15) is 6.54 Å². The molecule has 160 valence electrons. The van der Waals surface area contributed by atoms with Crippen LogP contribution in [0.1, 0.15) is 31.1 Å². The fourth-order valence-corrected chi connectivity index (χ4v) is 3.75. The van der Waals surface area contributed by atoms with E-state index in [0.29, 0.717) is 13.1 Å². The first-order chi connectivity index (χ1) is 14.2. The quantitative estimate of drug-likeness (QED) is 0.557. The molecule has 3 amide bonds. The second-order valence-corrected chi connectivity index (χ2v) is 7.86. The van der Waals surface area contributed by atoms with E-state index in [2.05, 4.69) is 4.57 Å². The first kappa shape index (κ1) is 21.4. The minimum atomic E-state index is -0.441. The molecule has 1 aliphatic heterocycles. The Hall–Kier alpha value is -3.36. The molecule has 0 spiro atoms. The summed E-state index contributed by atoms with van der Waals surface area (Å²) in [4.78, 5) is 41.2. The minimum Gasteiger partial charge on any atom is -0.348 e. The van der Waals surface area contributed by atoms with Gasteiger partial charge in [-0.3, -0.25) is 14.9 Å². The number of carbonyl (C=O) groups is 2. The van der Waals surface area contributed by atoms with Crippen LogP contribution >= 0.6 is 0 Å². The van der Waals surface area contributed by atoms with Crippen LogP contribution in [0.2, 0.25) is 0 Å². The van der Waals surface area contributed by atoms with Crippen molar-refractivity contribution in [3.8, 4) is 0 Å². The molecular weight excluding hydrogens is 386 g/mol. The number of benzene rings is 1. The molecule has 3 rings (SSSR count). The lowest BCUT2D eigenvalue weighted by atomic mass is 9.99. The third-order valence-corrected chi connectivity index (χ3v) is 5.34. The molecule has 1 aromatic carbocycles. The summed E-state index contributed by atoms with van der Waals surface area (Å²) in [5.41, 5.74) is 1.74. The summed E-state index contributed by atoms with van der Waals surface area (Å²) in [6.45, 7) is 4.87. The van der Waals surface area contributed by atoms with Gasteiger partial charge in [0, 0.05) is 57.3 Å². The number of urea groups is 1. The van der Waals surface area contributed by atoms with Gasteiger partial charge in [-0.15, -0.1) is 0 Å². The van der Waals surface area contributed by atoms with Crippen molar-refractivity contribution in [3.05, 3.63) is 64.0 Å². The van der Waals surface area contributed by atoms with Gasteiger partial charge < -0.3 is 19.3 Å². The smallest absolute Gasteiger partial charge is 0.320 e. The Morgan fingerprint density at radius 1 is 1.17 bits per heavy atom. The maximum absolute atomic E-state index is 13.3. The number of nitro benzene ring substituents is 1. The van der Waals surface area contributed by atoms with E-state index in [4.69, 9.17) is 0 Å². The zero-order chi connectivity index (χ0) is 22.0. The molecule has 2 heterocycles. The molecule has 0 aliphatic carbocycles. The fraction of sp³-hybridized carbons (Fsp3) is 0.429. The van der Waals surface area contributed by atoms with E-state index >= 15 is 0 Å². The van der Waals surface area contributed by atoms with Crippen molar-refractivity contribution in [2.45, 2.75) is 32.5 Å². The van der Waals surface area contributed by atoms with E-state index in [1.54, 1.807) is 36.0 Å². The van der Waals surface area contributed by atoms with Crippen LogP contribution in [0.25, 0.3) is 0 Å². The van der Waals surface area contributed by atoms with Crippen molar-refractivity contribution in [1.29, 1.82) is 0 Å². The lowest BCUT2D eigenvalue weighted by Gasteiger charge is -2.39. The molecule has 1 atom stereocenters. The highest BCUT2D eigenvalue weighted by Gasteiger charge is 2.34. The average molecular weight is 413 g/mol. The van der Waals surface area contributed by atoms with Crippen LogP contribution in [0.5, 0.6) is 0 Å². The number of fused-ring (bicyclic) bond motifs is 1. The molecule has 0 N–H and O–H groups in total.